The number of aromatic nitrogens is 4. The van der Waals surface area contributed by atoms with E-state index >= 15 is 0 Å². The van der Waals surface area contributed by atoms with E-state index in [9.17, 15) is 24.9 Å². The van der Waals surface area contributed by atoms with Crippen LogP contribution in [-0.4, -0.2) is 64.4 Å². The van der Waals surface area contributed by atoms with E-state index < -0.39 is 11.9 Å². The molecule has 3 heterocycles. The topological polar surface area (TPSA) is 177 Å². The maximum atomic E-state index is 11.2. The SMILES string of the molecule is Cc1cc(C)c(-c2cn(-c3ccc(C(=O)O)c(O)c3)nn2)nc1C1=CN(c2ccc(C(=O)O)c(O)c2)NN1C. The van der Waals surface area contributed by atoms with Crippen LogP contribution < -0.4 is 10.5 Å². The number of nitrogens with zero attached hydrogens (tertiary/aromatic N) is 6. The summed E-state index contributed by atoms with van der Waals surface area (Å²) in [5, 5.41) is 50.2. The van der Waals surface area contributed by atoms with Crippen LogP contribution in [0.3, 0.4) is 0 Å². The fourth-order valence-electron chi connectivity index (χ4n) is 4.27. The Morgan fingerprint density at radius 1 is 0.846 bits per heavy atom. The molecule has 1 aliphatic heterocycles. The molecule has 0 amide bonds. The summed E-state index contributed by atoms with van der Waals surface area (Å²) >= 11 is 0. The third-order valence-corrected chi connectivity index (χ3v) is 6.22. The Bertz CT molecular complexity index is 1680. The number of pyridine rings is 1. The monoisotopic (exact) mass is 529 g/mol. The molecule has 5 N–H and O–H groups in total. The van der Waals surface area contributed by atoms with E-state index in [1.54, 1.807) is 35.5 Å². The molecule has 1 aliphatic rings. The second-order valence-corrected chi connectivity index (χ2v) is 8.92. The van der Waals surface area contributed by atoms with Crippen LogP contribution in [0, 0.1) is 13.8 Å². The summed E-state index contributed by atoms with van der Waals surface area (Å²) in [6.07, 6.45) is 3.40. The van der Waals surface area contributed by atoms with Crippen molar-refractivity contribution in [2.75, 3.05) is 12.1 Å². The quantitative estimate of drug-likeness (QED) is 0.247. The van der Waals surface area contributed by atoms with Crippen molar-refractivity contribution in [1.82, 2.24) is 30.5 Å². The summed E-state index contributed by atoms with van der Waals surface area (Å²) in [6.45, 7) is 3.82. The van der Waals surface area contributed by atoms with Gasteiger partial charge in [0.2, 0.25) is 0 Å². The Hall–Kier alpha value is -5.43. The average molecular weight is 530 g/mol. The van der Waals surface area contributed by atoms with Crippen molar-refractivity contribution in [1.29, 1.82) is 0 Å². The normalized spacial score (nSPS) is 13.1. The Morgan fingerprint density at radius 2 is 1.44 bits per heavy atom. The maximum absolute atomic E-state index is 11.2. The fraction of sp³-hybridized carbons (Fsp3) is 0.115. The summed E-state index contributed by atoms with van der Waals surface area (Å²) in [7, 11) is 1.79. The molecule has 2 aromatic carbocycles. The van der Waals surface area contributed by atoms with Gasteiger partial charge < -0.3 is 20.4 Å². The summed E-state index contributed by atoms with van der Waals surface area (Å²) in [5.74, 6) is -3.20. The number of hydrogen-bond acceptors (Lipinski definition) is 10. The van der Waals surface area contributed by atoms with Crippen LogP contribution in [0.5, 0.6) is 11.5 Å². The van der Waals surface area contributed by atoms with E-state index in [0.717, 1.165) is 11.1 Å². The molecule has 0 bridgehead atoms. The van der Waals surface area contributed by atoms with Crippen molar-refractivity contribution in [2.24, 2.45) is 0 Å². The first kappa shape index (κ1) is 25.2. The highest BCUT2D eigenvalue weighted by molar-refractivity contribution is 5.92. The standard InChI is InChI=1S/C26H23N7O6/c1-13-8-14(2)24(20-12-33(30-31(20)3)16-5-7-18(26(38)39)22(35)10-16)27-23(13)19-11-32(29-28-19)15-4-6-17(25(36)37)21(34)9-15/h4-12,30,34-35H,1-3H3,(H,36,37)(H,38,39). The van der Waals surface area contributed by atoms with Gasteiger partial charge in [-0.15, -0.1) is 10.6 Å². The fourth-order valence-corrected chi connectivity index (χ4v) is 4.27. The minimum Gasteiger partial charge on any atom is -0.507 e. The van der Waals surface area contributed by atoms with Gasteiger partial charge in [-0.3, -0.25) is 10.0 Å². The first-order valence-corrected chi connectivity index (χ1v) is 11.6. The molecule has 0 aliphatic carbocycles. The molecule has 39 heavy (non-hydrogen) atoms. The summed E-state index contributed by atoms with van der Waals surface area (Å²) in [6, 6.07) is 10.3. The summed E-state index contributed by atoms with van der Waals surface area (Å²) < 4.78 is 1.42. The molecule has 4 aromatic rings. The number of aromatic carboxylic acids is 2. The minimum atomic E-state index is -1.24. The van der Waals surface area contributed by atoms with E-state index in [2.05, 4.69) is 15.8 Å². The van der Waals surface area contributed by atoms with Gasteiger partial charge >= 0.3 is 11.9 Å². The van der Waals surface area contributed by atoms with E-state index in [1.807, 2.05) is 19.9 Å². The van der Waals surface area contributed by atoms with Crippen molar-refractivity contribution in [2.45, 2.75) is 13.8 Å². The molecule has 0 unspecified atom stereocenters. The number of benzene rings is 2. The van der Waals surface area contributed by atoms with Gasteiger partial charge in [0.15, 0.2) is 0 Å². The van der Waals surface area contributed by atoms with Crippen LogP contribution in [0.2, 0.25) is 0 Å². The number of phenols is 2. The third-order valence-electron chi connectivity index (χ3n) is 6.22. The van der Waals surface area contributed by atoms with Crippen LogP contribution in [-0.2, 0) is 0 Å². The Balaban J connectivity index is 1.49. The smallest absolute Gasteiger partial charge is 0.339 e. The zero-order chi connectivity index (χ0) is 28.0. The molecule has 0 atom stereocenters. The van der Waals surface area contributed by atoms with Crippen LogP contribution in [0.4, 0.5) is 5.69 Å². The first-order valence-electron chi connectivity index (χ1n) is 11.6. The number of aryl methyl sites for hydroxylation is 2. The first-order chi connectivity index (χ1) is 18.5. The second kappa shape index (κ2) is 9.46. The van der Waals surface area contributed by atoms with Crippen molar-refractivity contribution in [3.8, 4) is 28.6 Å². The van der Waals surface area contributed by atoms with Gasteiger partial charge in [0.05, 0.1) is 40.9 Å². The number of hydrogen-bond donors (Lipinski definition) is 5. The lowest BCUT2D eigenvalue weighted by atomic mass is 10.1. The van der Waals surface area contributed by atoms with Crippen LogP contribution >= 0.6 is 0 Å². The Labute approximate surface area is 221 Å². The molecule has 13 nitrogen and oxygen atoms in total. The van der Waals surface area contributed by atoms with E-state index in [1.165, 1.54) is 35.0 Å². The van der Waals surface area contributed by atoms with Gasteiger partial charge in [0.1, 0.15) is 28.3 Å². The molecule has 5 rings (SSSR count). The van der Waals surface area contributed by atoms with Gasteiger partial charge in [-0.2, -0.15) is 0 Å². The lowest BCUT2D eigenvalue weighted by Crippen LogP contribution is -2.37. The molecule has 2 aromatic heterocycles. The number of nitrogens with one attached hydrogen (secondary N) is 1. The van der Waals surface area contributed by atoms with Gasteiger partial charge in [0, 0.05) is 19.2 Å². The lowest BCUT2D eigenvalue weighted by molar-refractivity contribution is 0.0682. The molecule has 0 saturated heterocycles. The highest BCUT2D eigenvalue weighted by Crippen LogP contribution is 2.32. The number of anilines is 1. The van der Waals surface area contributed by atoms with Crippen LogP contribution in [0.1, 0.15) is 37.5 Å². The predicted molar refractivity (Wildman–Crippen MR) is 139 cm³/mol. The minimum absolute atomic E-state index is 0.197. The number of rotatable bonds is 6. The number of carboxylic acid groups (broad SMARTS) is 2. The molecule has 13 heteroatoms. The van der Waals surface area contributed by atoms with Gasteiger partial charge in [-0.25, -0.2) is 19.3 Å². The Morgan fingerprint density at radius 3 is 2.05 bits per heavy atom. The van der Waals surface area contributed by atoms with Crippen LogP contribution in [0.25, 0.3) is 22.8 Å². The molecule has 0 radical (unpaired) electrons. The van der Waals surface area contributed by atoms with Gasteiger partial charge in [0.25, 0.3) is 0 Å². The largest absolute Gasteiger partial charge is 0.507 e. The van der Waals surface area contributed by atoms with E-state index in [4.69, 9.17) is 10.1 Å². The van der Waals surface area contributed by atoms with Crippen molar-refractivity contribution < 1.29 is 30.0 Å². The number of carboxylic acids is 2. The van der Waals surface area contributed by atoms with Crippen molar-refractivity contribution in [3.05, 3.63) is 82.8 Å². The average Bonchev–Trinajstić information content (AvgIpc) is 3.51. The van der Waals surface area contributed by atoms with E-state index in [-0.39, 0.29) is 22.6 Å². The molecule has 0 saturated carbocycles. The molecule has 0 fully saturated rings. The summed E-state index contributed by atoms with van der Waals surface area (Å²) in [5.41, 5.74) is 7.79. The highest BCUT2D eigenvalue weighted by atomic mass is 16.4. The maximum Gasteiger partial charge on any atom is 0.339 e. The number of hydrazine groups is 2. The Kier molecular flexibility index (Phi) is 6.12. The molecule has 198 valence electrons. The van der Waals surface area contributed by atoms with Gasteiger partial charge in [-0.05, 0) is 49.2 Å². The highest BCUT2D eigenvalue weighted by Gasteiger charge is 2.25. The van der Waals surface area contributed by atoms with Gasteiger partial charge in [-0.1, -0.05) is 11.3 Å². The zero-order valence-corrected chi connectivity index (χ0v) is 21.0. The molecular formula is C26H23N7O6. The number of carbonyl (C=O) groups is 2. The zero-order valence-electron chi connectivity index (χ0n) is 21.0. The predicted octanol–water partition coefficient (Wildman–Crippen LogP) is 2.92. The molecule has 0 spiro atoms. The van der Waals surface area contributed by atoms with Crippen molar-refractivity contribution in [3.63, 3.8) is 0 Å². The van der Waals surface area contributed by atoms with E-state index in [0.29, 0.717) is 34.2 Å². The molecular weight excluding hydrogens is 506 g/mol. The summed E-state index contributed by atoms with van der Waals surface area (Å²) in [4.78, 5) is 27.3. The third kappa shape index (κ3) is 4.57. The van der Waals surface area contributed by atoms with Crippen molar-refractivity contribution >= 4 is 23.3 Å². The van der Waals surface area contributed by atoms with Crippen LogP contribution in [0.15, 0.2) is 54.9 Å². The second-order valence-electron chi connectivity index (χ2n) is 8.92. The number of aromatic hydroxyl groups is 2. The lowest BCUT2D eigenvalue weighted by Gasteiger charge is -2.21.